The van der Waals surface area contributed by atoms with Gasteiger partial charge in [0.2, 0.25) is 5.91 Å². The molecule has 18 heavy (non-hydrogen) atoms. The number of hydrogen-bond donors (Lipinski definition) is 1. The Kier molecular flexibility index (Phi) is 5.56. The molecule has 0 saturated carbocycles. The molecule has 1 heterocycles. The summed E-state index contributed by atoms with van der Waals surface area (Å²) in [6.07, 6.45) is 1.76. The number of halogens is 2. The molecule has 2 rings (SSSR count). The van der Waals surface area contributed by atoms with Gasteiger partial charge >= 0.3 is 0 Å². The molecule has 3 nitrogen and oxygen atoms in total. The summed E-state index contributed by atoms with van der Waals surface area (Å²) in [5.74, 6) is -0.0686. The lowest BCUT2D eigenvalue weighted by atomic mass is 9.96. The van der Waals surface area contributed by atoms with Crippen LogP contribution in [-0.2, 0) is 4.79 Å². The molecule has 1 aromatic rings. The van der Waals surface area contributed by atoms with Crippen LogP contribution in [-0.4, -0.2) is 26.0 Å². The quantitative estimate of drug-likeness (QED) is 0.895. The average Bonchev–Trinajstić information content (AvgIpc) is 2.39. The number of hydrogen-bond acceptors (Lipinski definition) is 2. The fourth-order valence-corrected chi connectivity index (χ4v) is 2.13. The second kappa shape index (κ2) is 6.71. The molecule has 100 valence electrons. The van der Waals surface area contributed by atoms with Crippen LogP contribution in [0.3, 0.4) is 0 Å². The maximum absolute atomic E-state index is 12.8. The zero-order valence-electron chi connectivity index (χ0n) is 10.4. The minimum atomic E-state index is -0.281. The van der Waals surface area contributed by atoms with E-state index >= 15 is 0 Å². The fourth-order valence-electron chi connectivity index (χ4n) is 2.13. The Morgan fingerprint density at radius 3 is 2.39 bits per heavy atom. The monoisotopic (exact) mass is 272 g/mol. The fraction of sp³-hybridized carbons (Fsp3) is 0.462. The largest absolute Gasteiger partial charge is 0.317 e. The molecule has 1 aromatic carbocycles. The van der Waals surface area contributed by atoms with Crippen LogP contribution in [0.1, 0.15) is 12.8 Å². The molecule has 0 unspecified atom stereocenters. The van der Waals surface area contributed by atoms with Gasteiger partial charge in [-0.05, 0) is 50.2 Å². The van der Waals surface area contributed by atoms with Gasteiger partial charge in [0.25, 0.3) is 0 Å². The van der Waals surface area contributed by atoms with Crippen LogP contribution in [0.25, 0.3) is 0 Å². The first kappa shape index (κ1) is 14.9. The number of nitrogens with zero attached hydrogens (tertiary/aromatic N) is 1. The molecule has 0 atom stereocenters. The number of benzene rings is 1. The average molecular weight is 273 g/mol. The van der Waals surface area contributed by atoms with Crippen LogP contribution >= 0.6 is 12.4 Å². The number of anilines is 1. The number of rotatable bonds is 2. The Hall–Kier alpha value is -1.13. The first-order chi connectivity index (χ1) is 8.18. The molecule has 1 aliphatic rings. The zero-order chi connectivity index (χ0) is 12.3. The van der Waals surface area contributed by atoms with Crippen LogP contribution in [0.4, 0.5) is 10.1 Å². The van der Waals surface area contributed by atoms with Crippen LogP contribution in [0.5, 0.6) is 0 Å². The predicted octanol–water partition coefficient (Wildman–Crippen LogP) is 2.21. The lowest BCUT2D eigenvalue weighted by molar-refractivity contribution is -0.122. The predicted molar refractivity (Wildman–Crippen MR) is 72.7 cm³/mol. The highest BCUT2D eigenvalue weighted by molar-refractivity contribution is 5.94. The minimum Gasteiger partial charge on any atom is -0.317 e. The first-order valence-electron chi connectivity index (χ1n) is 5.92. The Balaban J connectivity index is 0.00000162. The van der Waals surface area contributed by atoms with Crippen LogP contribution < -0.4 is 10.2 Å². The highest BCUT2D eigenvalue weighted by Gasteiger charge is 2.24. The van der Waals surface area contributed by atoms with E-state index in [-0.39, 0.29) is 30.0 Å². The van der Waals surface area contributed by atoms with E-state index in [4.69, 9.17) is 0 Å². The van der Waals surface area contributed by atoms with Gasteiger partial charge in [-0.25, -0.2) is 4.39 Å². The van der Waals surface area contributed by atoms with E-state index < -0.39 is 0 Å². The van der Waals surface area contributed by atoms with Gasteiger partial charge < -0.3 is 10.2 Å². The molecule has 0 bridgehead atoms. The van der Waals surface area contributed by atoms with Crippen molar-refractivity contribution in [3.8, 4) is 0 Å². The Morgan fingerprint density at radius 2 is 1.83 bits per heavy atom. The normalized spacial score (nSPS) is 15.9. The molecule has 0 aliphatic carbocycles. The molecule has 1 aliphatic heterocycles. The van der Waals surface area contributed by atoms with Gasteiger partial charge in [-0.15, -0.1) is 12.4 Å². The molecular weight excluding hydrogens is 255 g/mol. The Morgan fingerprint density at radius 1 is 1.28 bits per heavy atom. The molecule has 0 aromatic heterocycles. The maximum atomic E-state index is 12.8. The Labute approximate surface area is 113 Å². The number of nitrogens with one attached hydrogen (secondary N) is 1. The summed E-state index contributed by atoms with van der Waals surface area (Å²) in [7, 11) is 1.75. The summed E-state index contributed by atoms with van der Waals surface area (Å²) >= 11 is 0. The summed E-state index contributed by atoms with van der Waals surface area (Å²) in [5.41, 5.74) is 0.745. The van der Waals surface area contributed by atoms with E-state index in [9.17, 15) is 9.18 Å². The summed E-state index contributed by atoms with van der Waals surface area (Å²) in [4.78, 5) is 13.8. The van der Waals surface area contributed by atoms with Gasteiger partial charge in [0.15, 0.2) is 0 Å². The van der Waals surface area contributed by atoms with Gasteiger partial charge in [0.05, 0.1) is 0 Å². The summed E-state index contributed by atoms with van der Waals surface area (Å²) in [6.45, 7) is 1.79. The summed E-state index contributed by atoms with van der Waals surface area (Å²) in [6, 6.07) is 6.02. The third kappa shape index (κ3) is 3.43. The van der Waals surface area contributed by atoms with Crippen molar-refractivity contribution in [2.24, 2.45) is 5.92 Å². The van der Waals surface area contributed by atoms with E-state index in [1.807, 2.05) is 0 Å². The lowest BCUT2D eigenvalue weighted by Gasteiger charge is -2.27. The van der Waals surface area contributed by atoms with Gasteiger partial charge in [-0.3, -0.25) is 4.79 Å². The molecule has 1 N–H and O–H groups in total. The topological polar surface area (TPSA) is 32.3 Å². The number of piperidine rings is 1. The number of carbonyl (C=O) groups excluding carboxylic acids is 1. The number of amides is 1. The standard InChI is InChI=1S/C13H17FN2O.ClH/c1-16(12-4-2-11(14)3-5-12)13(17)10-6-8-15-9-7-10;/h2-5,10,15H,6-9H2,1H3;1H. The van der Waals surface area contributed by atoms with Crippen molar-refractivity contribution in [3.63, 3.8) is 0 Å². The molecular formula is C13H18ClFN2O. The molecule has 5 heteroatoms. The van der Waals surface area contributed by atoms with Crippen molar-refractivity contribution in [3.05, 3.63) is 30.1 Å². The molecule has 0 radical (unpaired) electrons. The first-order valence-corrected chi connectivity index (χ1v) is 5.92. The van der Waals surface area contributed by atoms with E-state index in [1.165, 1.54) is 12.1 Å². The van der Waals surface area contributed by atoms with E-state index in [0.29, 0.717) is 0 Å². The summed E-state index contributed by atoms with van der Waals surface area (Å²) < 4.78 is 12.8. The van der Waals surface area contributed by atoms with Crippen molar-refractivity contribution < 1.29 is 9.18 Å². The summed E-state index contributed by atoms with van der Waals surface area (Å²) in [5, 5.41) is 3.24. The highest BCUT2D eigenvalue weighted by atomic mass is 35.5. The van der Waals surface area contributed by atoms with Crippen molar-refractivity contribution in [1.82, 2.24) is 5.32 Å². The minimum absolute atomic E-state index is 0. The van der Waals surface area contributed by atoms with E-state index in [0.717, 1.165) is 31.6 Å². The molecule has 1 amide bonds. The van der Waals surface area contributed by atoms with Crippen molar-refractivity contribution in [2.75, 3.05) is 25.0 Å². The van der Waals surface area contributed by atoms with Crippen LogP contribution in [0.2, 0.25) is 0 Å². The van der Waals surface area contributed by atoms with Crippen LogP contribution in [0, 0.1) is 11.7 Å². The smallest absolute Gasteiger partial charge is 0.229 e. The third-order valence-corrected chi connectivity index (χ3v) is 3.23. The molecule has 0 spiro atoms. The Bertz CT molecular complexity index is 390. The third-order valence-electron chi connectivity index (χ3n) is 3.23. The molecule has 1 saturated heterocycles. The van der Waals surface area contributed by atoms with Gasteiger partial charge in [-0.2, -0.15) is 0 Å². The van der Waals surface area contributed by atoms with Crippen LogP contribution in [0.15, 0.2) is 24.3 Å². The highest BCUT2D eigenvalue weighted by Crippen LogP contribution is 2.20. The van der Waals surface area contributed by atoms with E-state index in [2.05, 4.69) is 5.32 Å². The lowest BCUT2D eigenvalue weighted by Crippen LogP contribution is -2.39. The van der Waals surface area contributed by atoms with Gasteiger partial charge in [0, 0.05) is 18.7 Å². The van der Waals surface area contributed by atoms with Crippen molar-refractivity contribution >= 4 is 24.0 Å². The second-order valence-corrected chi connectivity index (χ2v) is 4.40. The maximum Gasteiger partial charge on any atom is 0.229 e. The SMILES string of the molecule is CN(C(=O)C1CCNCC1)c1ccc(F)cc1.Cl. The van der Waals surface area contributed by atoms with Crippen molar-refractivity contribution in [2.45, 2.75) is 12.8 Å². The van der Waals surface area contributed by atoms with Gasteiger partial charge in [0.1, 0.15) is 5.82 Å². The number of carbonyl (C=O) groups is 1. The second-order valence-electron chi connectivity index (χ2n) is 4.40. The molecule has 1 fully saturated rings. The van der Waals surface area contributed by atoms with E-state index in [1.54, 1.807) is 24.1 Å². The van der Waals surface area contributed by atoms with Crippen molar-refractivity contribution in [1.29, 1.82) is 0 Å². The van der Waals surface area contributed by atoms with Gasteiger partial charge in [-0.1, -0.05) is 0 Å². The zero-order valence-corrected chi connectivity index (χ0v) is 11.2.